The molecule has 0 spiro atoms. The molecule has 118 valence electrons. The number of fused-ring (bicyclic) bond motifs is 1. The number of amides is 1. The second kappa shape index (κ2) is 6.70. The van der Waals surface area contributed by atoms with Gasteiger partial charge in [-0.2, -0.15) is 4.37 Å². The van der Waals surface area contributed by atoms with E-state index in [-0.39, 0.29) is 17.0 Å². The Balaban J connectivity index is 1.95. The summed E-state index contributed by atoms with van der Waals surface area (Å²) in [6.45, 7) is 2.99. The fraction of sp³-hybridized carbons (Fsp3) is 0.250. The molecule has 3 aromatic rings. The molecule has 23 heavy (non-hydrogen) atoms. The topological polar surface area (TPSA) is 76.9 Å². The summed E-state index contributed by atoms with van der Waals surface area (Å²) in [5.74, 6) is -0.230. The quantitative estimate of drug-likeness (QED) is 0.777. The maximum absolute atomic E-state index is 12.5. The largest absolute Gasteiger partial charge is 0.351 e. The molecule has 1 N–H and O–H groups in total. The lowest BCUT2D eigenvalue weighted by atomic mass is 10.2. The van der Waals surface area contributed by atoms with Gasteiger partial charge in [0.1, 0.15) is 10.4 Å². The van der Waals surface area contributed by atoms with Crippen molar-refractivity contribution in [2.24, 2.45) is 0 Å². The van der Waals surface area contributed by atoms with Gasteiger partial charge in [-0.1, -0.05) is 37.3 Å². The van der Waals surface area contributed by atoms with Gasteiger partial charge in [0.05, 0.1) is 12.9 Å². The van der Waals surface area contributed by atoms with Crippen molar-refractivity contribution in [1.82, 2.24) is 19.2 Å². The van der Waals surface area contributed by atoms with E-state index in [1.54, 1.807) is 0 Å². The van der Waals surface area contributed by atoms with E-state index in [0.717, 1.165) is 23.5 Å². The second-order valence-corrected chi connectivity index (χ2v) is 5.90. The molecule has 0 unspecified atom stereocenters. The molecule has 0 saturated carbocycles. The van der Waals surface area contributed by atoms with Crippen LogP contribution in [0.1, 0.15) is 28.6 Å². The third kappa shape index (κ3) is 3.14. The van der Waals surface area contributed by atoms with Gasteiger partial charge in [-0.05, 0) is 23.5 Å². The van der Waals surface area contributed by atoms with Crippen molar-refractivity contribution in [2.45, 2.75) is 19.9 Å². The Labute approximate surface area is 137 Å². The zero-order chi connectivity index (χ0) is 16.2. The number of nitrogens with one attached hydrogen (secondary N) is 1. The average Bonchev–Trinajstić information content (AvgIpc) is 3.01. The van der Waals surface area contributed by atoms with Crippen molar-refractivity contribution in [3.05, 3.63) is 57.5 Å². The third-order valence-electron chi connectivity index (χ3n) is 3.39. The molecular formula is C16H16N4O2S. The molecule has 0 aliphatic carbocycles. The SMILES string of the molecule is CCCNC(=O)c1snc2c(=O)n(Cc3ccccc3)cnc12. The molecule has 0 fully saturated rings. The number of nitrogens with zero attached hydrogens (tertiary/aromatic N) is 3. The Hall–Kier alpha value is -2.54. The van der Waals surface area contributed by atoms with Gasteiger partial charge in [-0.15, -0.1) is 0 Å². The highest BCUT2D eigenvalue weighted by atomic mass is 32.1. The zero-order valence-corrected chi connectivity index (χ0v) is 13.5. The number of hydrogen-bond donors (Lipinski definition) is 1. The van der Waals surface area contributed by atoms with Crippen LogP contribution in [0.5, 0.6) is 0 Å². The van der Waals surface area contributed by atoms with Crippen molar-refractivity contribution in [2.75, 3.05) is 6.54 Å². The number of hydrogen-bond acceptors (Lipinski definition) is 5. The molecule has 0 aliphatic rings. The maximum Gasteiger partial charge on any atom is 0.281 e. The molecule has 0 atom stereocenters. The summed E-state index contributed by atoms with van der Waals surface area (Å²) in [6, 6.07) is 9.66. The monoisotopic (exact) mass is 328 g/mol. The van der Waals surface area contributed by atoms with E-state index in [1.807, 2.05) is 37.3 Å². The van der Waals surface area contributed by atoms with Crippen LogP contribution < -0.4 is 10.9 Å². The Morgan fingerprint density at radius 2 is 2.04 bits per heavy atom. The Bertz CT molecular complexity index is 886. The summed E-state index contributed by atoms with van der Waals surface area (Å²) >= 11 is 1.01. The van der Waals surface area contributed by atoms with Crippen LogP contribution in [0, 0.1) is 0 Å². The van der Waals surface area contributed by atoms with Crippen LogP contribution in [0.4, 0.5) is 0 Å². The highest BCUT2D eigenvalue weighted by Gasteiger charge is 2.18. The molecule has 0 bridgehead atoms. The van der Waals surface area contributed by atoms with Crippen molar-refractivity contribution in [3.63, 3.8) is 0 Å². The first-order chi connectivity index (χ1) is 11.2. The lowest BCUT2D eigenvalue weighted by molar-refractivity contribution is 0.0959. The van der Waals surface area contributed by atoms with Crippen molar-refractivity contribution in [1.29, 1.82) is 0 Å². The summed E-state index contributed by atoms with van der Waals surface area (Å²) in [7, 11) is 0. The van der Waals surface area contributed by atoms with E-state index < -0.39 is 0 Å². The Morgan fingerprint density at radius 1 is 1.26 bits per heavy atom. The first-order valence-corrected chi connectivity index (χ1v) is 8.15. The van der Waals surface area contributed by atoms with Crippen LogP contribution in [0.2, 0.25) is 0 Å². The van der Waals surface area contributed by atoms with E-state index in [0.29, 0.717) is 23.5 Å². The van der Waals surface area contributed by atoms with E-state index in [9.17, 15) is 9.59 Å². The zero-order valence-electron chi connectivity index (χ0n) is 12.7. The third-order valence-corrected chi connectivity index (χ3v) is 4.23. The summed E-state index contributed by atoms with van der Waals surface area (Å²) in [4.78, 5) is 29.3. The molecule has 2 aromatic heterocycles. The van der Waals surface area contributed by atoms with Gasteiger partial charge in [-0.3, -0.25) is 14.2 Å². The van der Waals surface area contributed by atoms with Gasteiger partial charge in [-0.25, -0.2) is 4.98 Å². The van der Waals surface area contributed by atoms with Crippen LogP contribution in [0.25, 0.3) is 11.0 Å². The molecule has 3 rings (SSSR count). The van der Waals surface area contributed by atoms with Gasteiger partial charge in [0.2, 0.25) is 0 Å². The second-order valence-electron chi connectivity index (χ2n) is 5.13. The van der Waals surface area contributed by atoms with E-state index >= 15 is 0 Å². The molecular weight excluding hydrogens is 312 g/mol. The number of carbonyl (C=O) groups excluding carboxylic acids is 1. The summed E-state index contributed by atoms with van der Waals surface area (Å²) < 4.78 is 5.64. The molecule has 0 radical (unpaired) electrons. The minimum absolute atomic E-state index is 0.230. The van der Waals surface area contributed by atoms with E-state index in [2.05, 4.69) is 14.7 Å². The standard InChI is InChI=1S/C16H16N4O2S/c1-2-8-17-15(21)14-12-13(19-23-14)16(22)20(10-18-12)9-11-6-4-3-5-7-11/h3-7,10H,2,8-9H2,1H3,(H,17,21). The summed E-state index contributed by atoms with van der Waals surface area (Å²) in [6.07, 6.45) is 2.32. The molecule has 0 saturated heterocycles. The highest BCUT2D eigenvalue weighted by molar-refractivity contribution is 7.09. The van der Waals surface area contributed by atoms with E-state index in [4.69, 9.17) is 0 Å². The van der Waals surface area contributed by atoms with Crippen LogP contribution in [0.15, 0.2) is 41.5 Å². The number of carbonyl (C=O) groups is 1. The van der Waals surface area contributed by atoms with Crippen molar-refractivity contribution >= 4 is 28.5 Å². The molecule has 1 amide bonds. The highest BCUT2D eigenvalue weighted by Crippen LogP contribution is 2.17. The molecule has 0 aliphatic heterocycles. The average molecular weight is 328 g/mol. The number of aromatic nitrogens is 3. The number of rotatable bonds is 5. The van der Waals surface area contributed by atoms with Crippen molar-refractivity contribution in [3.8, 4) is 0 Å². The molecule has 6 nitrogen and oxygen atoms in total. The first-order valence-electron chi connectivity index (χ1n) is 7.37. The molecule has 7 heteroatoms. The van der Waals surface area contributed by atoms with Crippen molar-refractivity contribution < 1.29 is 4.79 Å². The van der Waals surface area contributed by atoms with Gasteiger partial charge in [0.15, 0.2) is 5.52 Å². The van der Waals surface area contributed by atoms with Crippen LogP contribution >= 0.6 is 11.5 Å². The number of benzene rings is 1. The van der Waals surface area contributed by atoms with E-state index in [1.165, 1.54) is 10.9 Å². The van der Waals surface area contributed by atoms with Gasteiger partial charge in [0.25, 0.3) is 11.5 Å². The molecule has 1 aromatic carbocycles. The normalized spacial score (nSPS) is 10.8. The van der Waals surface area contributed by atoms with Gasteiger partial charge >= 0.3 is 0 Å². The summed E-state index contributed by atoms with van der Waals surface area (Å²) in [5.41, 5.74) is 1.39. The van der Waals surface area contributed by atoms with Gasteiger partial charge < -0.3 is 5.32 Å². The minimum Gasteiger partial charge on any atom is -0.351 e. The predicted octanol–water partition coefficient (Wildman–Crippen LogP) is 2.04. The van der Waals surface area contributed by atoms with Crippen LogP contribution in [-0.4, -0.2) is 26.4 Å². The predicted molar refractivity (Wildman–Crippen MR) is 89.8 cm³/mol. The minimum atomic E-state index is -0.232. The van der Waals surface area contributed by atoms with Gasteiger partial charge in [0, 0.05) is 6.54 Å². The Kier molecular flexibility index (Phi) is 4.47. The first kappa shape index (κ1) is 15.4. The Morgan fingerprint density at radius 3 is 2.78 bits per heavy atom. The maximum atomic E-state index is 12.5. The fourth-order valence-electron chi connectivity index (χ4n) is 2.22. The van der Waals surface area contributed by atoms with Crippen LogP contribution in [-0.2, 0) is 6.54 Å². The fourth-order valence-corrected chi connectivity index (χ4v) is 2.96. The van der Waals surface area contributed by atoms with Crippen LogP contribution in [0.3, 0.4) is 0 Å². The summed E-state index contributed by atoms with van der Waals surface area (Å²) in [5, 5.41) is 2.78. The molecule has 2 heterocycles. The smallest absolute Gasteiger partial charge is 0.281 e. The lowest BCUT2D eigenvalue weighted by Gasteiger charge is -2.05. The lowest BCUT2D eigenvalue weighted by Crippen LogP contribution is -2.24.